The molecule has 0 aliphatic rings. The van der Waals surface area contributed by atoms with E-state index in [0.717, 1.165) is 12.1 Å². The Hall–Kier alpha value is -1.05. The summed E-state index contributed by atoms with van der Waals surface area (Å²) in [4.78, 5) is 20.6. The molecule has 1 aromatic rings. The van der Waals surface area contributed by atoms with Gasteiger partial charge in [0.1, 0.15) is 3.57 Å². The zero-order chi connectivity index (χ0) is 10.9. The van der Waals surface area contributed by atoms with Gasteiger partial charge in [-0.15, -0.1) is 0 Å². The Labute approximate surface area is 92.4 Å². The molecule has 0 aliphatic heterocycles. The number of ketones is 1. The van der Waals surface area contributed by atoms with Crippen LogP contribution in [0.1, 0.15) is 17.3 Å². The third-order valence-corrected chi connectivity index (χ3v) is 2.66. The summed E-state index contributed by atoms with van der Waals surface area (Å²) in [5, 5.41) is 10.4. The van der Waals surface area contributed by atoms with Crippen molar-refractivity contribution in [3.05, 3.63) is 37.2 Å². The second kappa shape index (κ2) is 3.99. The van der Waals surface area contributed by atoms with E-state index in [9.17, 15) is 19.3 Å². The number of Topliss-reactive ketones (excluding diaryl/α,β-unsaturated/α-hetero) is 1. The van der Waals surface area contributed by atoms with Gasteiger partial charge in [-0.1, -0.05) is 0 Å². The average molecular weight is 309 g/mol. The second-order valence-corrected chi connectivity index (χ2v) is 3.65. The largest absolute Gasteiger partial charge is 0.294 e. The van der Waals surface area contributed by atoms with Gasteiger partial charge in [0.2, 0.25) is 0 Å². The van der Waals surface area contributed by atoms with Gasteiger partial charge in [0, 0.05) is 6.07 Å². The highest BCUT2D eigenvalue weighted by Crippen LogP contribution is 2.25. The molecule has 0 aromatic heterocycles. The van der Waals surface area contributed by atoms with E-state index in [1.807, 2.05) is 0 Å². The van der Waals surface area contributed by atoms with Gasteiger partial charge in [0.25, 0.3) is 5.69 Å². The lowest BCUT2D eigenvalue weighted by atomic mass is 10.1. The van der Waals surface area contributed by atoms with E-state index in [2.05, 4.69) is 0 Å². The Bertz CT molecular complexity index is 380. The monoisotopic (exact) mass is 309 g/mol. The van der Waals surface area contributed by atoms with Crippen molar-refractivity contribution in [2.45, 2.75) is 6.92 Å². The normalized spacial score (nSPS) is 9.93. The summed E-state index contributed by atoms with van der Waals surface area (Å²) < 4.78 is 13.2. The highest BCUT2D eigenvalue weighted by atomic mass is 127. The molecular weight excluding hydrogens is 304 g/mol. The van der Waals surface area contributed by atoms with Crippen LogP contribution in [0.4, 0.5) is 10.1 Å². The third-order valence-electron chi connectivity index (χ3n) is 1.64. The zero-order valence-electron chi connectivity index (χ0n) is 7.08. The smallest absolute Gasteiger partial charge is 0.285 e. The summed E-state index contributed by atoms with van der Waals surface area (Å²) >= 11 is 1.51. The molecule has 0 unspecified atom stereocenters. The summed E-state index contributed by atoms with van der Waals surface area (Å²) in [6, 6.07) is 2.25. The van der Waals surface area contributed by atoms with E-state index in [1.54, 1.807) is 0 Å². The van der Waals surface area contributed by atoms with Gasteiger partial charge in [0.05, 0.1) is 10.5 Å². The Kier molecular flexibility index (Phi) is 3.14. The fourth-order valence-electron chi connectivity index (χ4n) is 0.952. The van der Waals surface area contributed by atoms with Crippen LogP contribution in [0, 0.1) is 19.5 Å². The molecule has 0 atom stereocenters. The second-order valence-electron chi connectivity index (χ2n) is 2.57. The Morgan fingerprint density at radius 2 is 2.14 bits per heavy atom. The van der Waals surface area contributed by atoms with Crippen molar-refractivity contribution < 1.29 is 14.1 Å². The SMILES string of the molecule is CC(=O)c1ccc([N+](=O)[O-])c(I)c1F. The maximum atomic E-state index is 13.3. The third kappa shape index (κ3) is 1.89. The van der Waals surface area contributed by atoms with Gasteiger partial charge < -0.3 is 0 Å². The van der Waals surface area contributed by atoms with E-state index in [0.29, 0.717) is 0 Å². The van der Waals surface area contributed by atoms with Crippen LogP contribution in [0.5, 0.6) is 0 Å². The first-order chi connectivity index (χ1) is 6.45. The van der Waals surface area contributed by atoms with Crippen molar-refractivity contribution in [1.29, 1.82) is 0 Å². The van der Waals surface area contributed by atoms with Crippen molar-refractivity contribution in [2.24, 2.45) is 0 Å². The standard InChI is InChI=1S/C8H5FINO3/c1-4(12)5-2-3-6(11(13)14)8(10)7(5)9/h2-3H,1H3. The molecule has 0 saturated carbocycles. The van der Waals surface area contributed by atoms with E-state index in [-0.39, 0.29) is 14.8 Å². The molecule has 4 nitrogen and oxygen atoms in total. The quantitative estimate of drug-likeness (QED) is 0.365. The maximum Gasteiger partial charge on any atom is 0.285 e. The lowest BCUT2D eigenvalue weighted by molar-refractivity contribution is -0.386. The highest BCUT2D eigenvalue weighted by Gasteiger charge is 2.20. The maximum absolute atomic E-state index is 13.3. The number of rotatable bonds is 2. The van der Waals surface area contributed by atoms with Gasteiger partial charge in [-0.3, -0.25) is 14.9 Å². The van der Waals surface area contributed by atoms with Crippen LogP contribution in [0.15, 0.2) is 12.1 Å². The van der Waals surface area contributed by atoms with E-state index in [1.165, 1.54) is 29.5 Å². The predicted molar refractivity (Wildman–Crippen MR) is 55.8 cm³/mol. The number of carbonyl (C=O) groups excluding carboxylic acids is 1. The van der Waals surface area contributed by atoms with Gasteiger partial charge >= 0.3 is 0 Å². The van der Waals surface area contributed by atoms with Crippen LogP contribution < -0.4 is 0 Å². The lowest BCUT2D eigenvalue weighted by Crippen LogP contribution is -2.02. The van der Waals surface area contributed by atoms with Gasteiger partial charge in [-0.05, 0) is 35.6 Å². The number of nitro groups is 1. The summed E-state index contributed by atoms with van der Waals surface area (Å²) in [5.74, 6) is -1.28. The molecule has 0 N–H and O–H groups in total. The van der Waals surface area contributed by atoms with E-state index >= 15 is 0 Å². The summed E-state index contributed by atoms with van der Waals surface area (Å²) in [6.45, 7) is 1.21. The van der Waals surface area contributed by atoms with E-state index < -0.39 is 16.5 Å². The minimum atomic E-state index is -0.827. The van der Waals surface area contributed by atoms with Crippen LogP contribution in [0.3, 0.4) is 0 Å². The minimum absolute atomic E-state index is 0.125. The van der Waals surface area contributed by atoms with Crippen LogP contribution in [-0.2, 0) is 0 Å². The Morgan fingerprint density at radius 1 is 1.57 bits per heavy atom. The molecule has 0 fully saturated rings. The Balaban J connectivity index is 3.41. The zero-order valence-corrected chi connectivity index (χ0v) is 9.24. The highest BCUT2D eigenvalue weighted by molar-refractivity contribution is 14.1. The first-order valence-corrected chi connectivity index (χ1v) is 4.66. The summed E-state index contributed by atoms with van der Waals surface area (Å²) in [7, 11) is 0. The van der Waals surface area contributed by atoms with Gasteiger partial charge in [0.15, 0.2) is 11.6 Å². The summed E-state index contributed by atoms with van der Waals surface area (Å²) in [5.41, 5.74) is -0.451. The molecule has 0 radical (unpaired) electrons. The molecule has 1 aromatic carbocycles. The molecule has 0 aliphatic carbocycles. The van der Waals surface area contributed by atoms with Crippen molar-refractivity contribution in [2.75, 3.05) is 0 Å². The van der Waals surface area contributed by atoms with Crippen molar-refractivity contribution in [3.8, 4) is 0 Å². The number of hydrogen-bond acceptors (Lipinski definition) is 3. The van der Waals surface area contributed by atoms with Crippen LogP contribution in [-0.4, -0.2) is 10.7 Å². The molecule has 6 heteroatoms. The predicted octanol–water partition coefficient (Wildman–Crippen LogP) is 2.54. The average Bonchev–Trinajstić information content (AvgIpc) is 2.08. The van der Waals surface area contributed by atoms with E-state index in [4.69, 9.17) is 0 Å². The molecule has 74 valence electrons. The van der Waals surface area contributed by atoms with Crippen molar-refractivity contribution >= 4 is 34.1 Å². The molecule has 14 heavy (non-hydrogen) atoms. The minimum Gasteiger partial charge on any atom is -0.294 e. The first-order valence-electron chi connectivity index (χ1n) is 3.58. The van der Waals surface area contributed by atoms with Gasteiger partial charge in [-0.25, -0.2) is 4.39 Å². The van der Waals surface area contributed by atoms with Gasteiger partial charge in [-0.2, -0.15) is 0 Å². The number of halogens is 2. The number of nitrogens with zero attached hydrogens (tertiary/aromatic N) is 1. The molecule has 0 saturated heterocycles. The Morgan fingerprint density at radius 3 is 2.57 bits per heavy atom. The fourth-order valence-corrected chi connectivity index (χ4v) is 1.62. The first kappa shape index (κ1) is 11.0. The molecule has 0 bridgehead atoms. The van der Waals surface area contributed by atoms with Crippen LogP contribution >= 0.6 is 22.6 Å². The molecule has 0 heterocycles. The summed E-state index contributed by atoms with van der Waals surface area (Å²) in [6.07, 6.45) is 0. The van der Waals surface area contributed by atoms with Crippen molar-refractivity contribution in [1.82, 2.24) is 0 Å². The number of hydrogen-bond donors (Lipinski definition) is 0. The number of benzene rings is 1. The molecule has 0 amide bonds. The topological polar surface area (TPSA) is 60.2 Å². The number of carbonyl (C=O) groups is 1. The van der Waals surface area contributed by atoms with Crippen LogP contribution in [0.25, 0.3) is 0 Å². The lowest BCUT2D eigenvalue weighted by Gasteiger charge is -2.01. The van der Waals surface area contributed by atoms with Crippen molar-refractivity contribution in [3.63, 3.8) is 0 Å². The molecule has 0 spiro atoms. The number of nitro benzene ring substituents is 1. The molecule has 1 rings (SSSR count). The molecular formula is C8H5FINO3. The fraction of sp³-hybridized carbons (Fsp3) is 0.125. The van der Waals surface area contributed by atoms with Crippen LogP contribution in [0.2, 0.25) is 0 Å².